The topological polar surface area (TPSA) is 12.0 Å². The Morgan fingerprint density at radius 3 is 2.63 bits per heavy atom. The molecule has 1 aromatic carbocycles. The van der Waals surface area contributed by atoms with Crippen LogP contribution in [0.3, 0.4) is 0 Å². The normalized spacial score (nSPS) is 13.6. The minimum absolute atomic E-state index is 0.248. The minimum Gasteiger partial charge on any atom is -0.314 e. The Kier molecular flexibility index (Phi) is 6.85. The second-order valence-electron chi connectivity index (χ2n) is 6.14. The van der Waals surface area contributed by atoms with E-state index < -0.39 is 0 Å². The zero-order valence-electron chi connectivity index (χ0n) is 12.4. The molecule has 19 heavy (non-hydrogen) atoms. The van der Waals surface area contributed by atoms with Crippen LogP contribution in [-0.4, -0.2) is 12.6 Å². The Balaban J connectivity index is 2.62. The lowest BCUT2D eigenvalue weighted by Crippen LogP contribution is -2.32. The summed E-state index contributed by atoms with van der Waals surface area (Å²) in [6.45, 7) is 10.2. The van der Waals surface area contributed by atoms with Crippen molar-refractivity contribution >= 4 is 27.5 Å². The van der Waals surface area contributed by atoms with Gasteiger partial charge in [-0.15, -0.1) is 0 Å². The van der Waals surface area contributed by atoms with Crippen LogP contribution in [0, 0.1) is 5.41 Å². The molecule has 1 aromatic rings. The maximum Gasteiger partial charge on any atom is 0.0449 e. The fraction of sp³-hybridized carbons (Fsp3) is 0.625. The lowest BCUT2D eigenvalue weighted by atomic mass is 9.80. The summed E-state index contributed by atoms with van der Waals surface area (Å²) in [5.41, 5.74) is 1.48. The van der Waals surface area contributed by atoms with Crippen LogP contribution < -0.4 is 5.32 Å². The van der Waals surface area contributed by atoms with Gasteiger partial charge in [-0.1, -0.05) is 54.4 Å². The maximum atomic E-state index is 6.31. The SMILES string of the molecule is CCCNC(C)CC(C)(C)Cc1ccc(Br)cc1Cl. The molecule has 0 aliphatic heterocycles. The van der Waals surface area contributed by atoms with Gasteiger partial charge >= 0.3 is 0 Å². The molecule has 0 saturated heterocycles. The van der Waals surface area contributed by atoms with E-state index in [4.69, 9.17) is 11.6 Å². The van der Waals surface area contributed by atoms with Gasteiger partial charge in [0.25, 0.3) is 0 Å². The number of hydrogen-bond donors (Lipinski definition) is 1. The lowest BCUT2D eigenvalue weighted by molar-refractivity contribution is 0.287. The van der Waals surface area contributed by atoms with Gasteiger partial charge in [0.2, 0.25) is 0 Å². The number of benzene rings is 1. The Morgan fingerprint density at radius 1 is 1.37 bits per heavy atom. The second kappa shape index (κ2) is 7.66. The Bertz CT molecular complexity index is 404. The Hall–Kier alpha value is -0.0500. The van der Waals surface area contributed by atoms with Crippen LogP contribution in [-0.2, 0) is 6.42 Å². The van der Waals surface area contributed by atoms with Crippen molar-refractivity contribution in [3.8, 4) is 0 Å². The molecular weight excluding hydrogens is 322 g/mol. The summed E-state index contributed by atoms with van der Waals surface area (Å²) in [7, 11) is 0. The predicted molar refractivity (Wildman–Crippen MR) is 89.0 cm³/mol. The van der Waals surface area contributed by atoms with Crippen molar-refractivity contribution in [3.05, 3.63) is 33.3 Å². The summed E-state index contributed by atoms with van der Waals surface area (Å²) in [4.78, 5) is 0. The smallest absolute Gasteiger partial charge is 0.0449 e. The van der Waals surface area contributed by atoms with Gasteiger partial charge in [-0.2, -0.15) is 0 Å². The average Bonchev–Trinajstić information content (AvgIpc) is 2.29. The van der Waals surface area contributed by atoms with Crippen LogP contribution in [0.5, 0.6) is 0 Å². The van der Waals surface area contributed by atoms with Gasteiger partial charge < -0.3 is 5.32 Å². The van der Waals surface area contributed by atoms with Crippen molar-refractivity contribution in [1.29, 1.82) is 0 Å². The van der Waals surface area contributed by atoms with Crippen molar-refractivity contribution in [2.75, 3.05) is 6.54 Å². The van der Waals surface area contributed by atoms with E-state index in [2.05, 4.69) is 61.1 Å². The quantitative estimate of drug-likeness (QED) is 0.692. The molecule has 1 rings (SSSR count). The molecule has 108 valence electrons. The first kappa shape index (κ1) is 17.0. The Labute approximate surface area is 131 Å². The third-order valence-corrected chi connectivity index (χ3v) is 4.13. The molecule has 1 N–H and O–H groups in total. The standard InChI is InChI=1S/C16H25BrClN/c1-5-8-19-12(2)10-16(3,4)11-13-6-7-14(17)9-15(13)18/h6-7,9,12,19H,5,8,10-11H2,1-4H3. The second-order valence-corrected chi connectivity index (χ2v) is 7.46. The first-order chi connectivity index (χ1) is 8.84. The van der Waals surface area contributed by atoms with Gasteiger partial charge in [-0.05, 0) is 55.8 Å². The molecule has 1 nitrogen and oxygen atoms in total. The molecule has 3 heteroatoms. The number of hydrogen-bond acceptors (Lipinski definition) is 1. The van der Waals surface area contributed by atoms with Crippen LogP contribution in [0.4, 0.5) is 0 Å². The van der Waals surface area contributed by atoms with E-state index >= 15 is 0 Å². The van der Waals surface area contributed by atoms with E-state index in [1.807, 2.05) is 6.07 Å². The largest absolute Gasteiger partial charge is 0.314 e. The number of halogens is 2. The summed E-state index contributed by atoms with van der Waals surface area (Å²) in [5, 5.41) is 4.42. The molecule has 1 unspecified atom stereocenters. The molecule has 0 bridgehead atoms. The molecule has 0 aromatic heterocycles. The molecule has 0 aliphatic rings. The van der Waals surface area contributed by atoms with E-state index in [0.717, 1.165) is 28.9 Å². The van der Waals surface area contributed by atoms with Crippen LogP contribution in [0.2, 0.25) is 5.02 Å². The van der Waals surface area contributed by atoms with Gasteiger partial charge in [0.05, 0.1) is 0 Å². The van der Waals surface area contributed by atoms with E-state index in [-0.39, 0.29) is 5.41 Å². The third kappa shape index (κ3) is 6.29. The van der Waals surface area contributed by atoms with Gasteiger partial charge in [0.1, 0.15) is 0 Å². The highest BCUT2D eigenvalue weighted by Crippen LogP contribution is 2.31. The maximum absolute atomic E-state index is 6.31. The highest BCUT2D eigenvalue weighted by atomic mass is 79.9. The van der Waals surface area contributed by atoms with Crippen molar-refractivity contribution < 1.29 is 0 Å². The van der Waals surface area contributed by atoms with Crippen LogP contribution in [0.1, 0.15) is 46.1 Å². The minimum atomic E-state index is 0.248. The highest BCUT2D eigenvalue weighted by molar-refractivity contribution is 9.10. The van der Waals surface area contributed by atoms with Crippen LogP contribution in [0.25, 0.3) is 0 Å². The van der Waals surface area contributed by atoms with Crippen LogP contribution in [0.15, 0.2) is 22.7 Å². The molecular formula is C16H25BrClN. The molecule has 0 radical (unpaired) electrons. The van der Waals surface area contributed by atoms with Gasteiger partial charge in [0, 0.05) is 15.5 Å². The molecule has 0 spiro atoms. The fourth-order valence-electron chi connectivity index (χ4n) is 2.54. The van der Waals surface area contributed by atoms with E-state index in [9.17, 15) is 0 Å². The fourth-order valence-corrected chi connectivity index (χ4v) is 3.28. The van der Waals surface area contributed by atoms with Crippen LogP contribution >= 0.6 is 27.5 Å². The van der Waals surface area contributed by atoms with E-state index in [1.54, 1.807) is 0 Å². The summed E-state index contributed by atoms with van der Waals surface area (Å²) in [6, 6.07) is 6.71. The number of nitrogens with one attached hydrogen (secondary N) is 1. The zero-order chi connectivity index (χ0) is 14.5. The molecule has 0 amide bonds. The summed E-state index contributed by atoms with van der Waals surface area (Å²) >= 11 is 9.76. The van der Waals surface area contributed by atoms with Crippen molar-refractivity contribution in [2.45, 2.75) is 53.0 Å². The summed E-state index contributed by atoms with van der Waals surface area (Å²) in [5.74, 6) is 0. The van der Waals surface area contributed by atoms with Crippen molar-refractivity contribution in [3.63, 3.8) is 0 Å². The molecule has 0 heterocycles. The summed E-state index contributed by atoms with van der Waals surface area (Å²) in [6.07, 6.45) is 3.35. The summed E-state index contributed by atoms with van der Waals surface area (Å²) < 4.78 is 1.04. The van der Waals surface area contributed by atoms with E-state index in [1.165, 1.54) is 12.0 Å². The van der Waals surface area contributed by atoms with E-state index in [0.29, 0.717) is 6.04 Å². The zero-order valence-corrected chi connectivity index (χ0v) is 14.7. The van der Waals surface area contributed by atoms with Crippen molar-refractivity contribution in [1.82, 2.24) is 5.32 Å². The Morgan fingerprint density at radius 2 is 2.05 bits per heavy atom. The third-order valence-electron chi connectivity index (χ3n) is 3.29. The van der Waals surface area contributed by atoms with Gasteiger partial charge in [-0.3, -0.25) is 0 Å². The van der Waals surface area contributed by atoms with Gasteiger partial charge in [0.15, 0.2) is 0 Å². The average molecular weight is 347 g/mol. The monoisotopic (exact) mass is 345 g/mol. The molecule has 0 saturated carbocycles. The van der Waals surface area contributed by atoms with Gasteiger partial charge in [-0.25, -0.2) is 0 Å². The first-order valence-electron chi connectivity index (χ1n) is 7.01. The molecule has 1 atom stereocenters. The molecule has 0 aliphatic carbocycles. The molecule has 0 fully saturated rings. The highest BCUT2D eigenvalue weighted by Gasteiger charge is 2.22. The number of rotatable bonds is 7. The lowest BCUT2D eigenvalue weighted by Gasteiger charge is -2.29. The first-order valence-corrected chi connectivity index (χ1v) is 8.18. The van der Waals surface area contributed by atoms with Crippen molar-refractivity contribution in [2.24, 2.45) is 5.41 Å². The predicted octanol–water partition coefficient (Wildman–Crippen LogP) is 5.45.